The Morgan fingerprint density at radius 1 is 0.652 bits per heavy atom. The van der Waals surface area contributed by atoms with E-state index < -0.39 is 74.6 Å². The summed E-state index contributed by atoms with van der Waals surface area (Å²) in [6.07, 6.45) is -15.3. The van der Waals surface area contributed by atoms with Crippen LogP contribution in [0.1, 0.15) is 0 Å². The number of ether oxygens (including phenoxy) is 3. The van der Waals surface area contributed by atoms with E-state index in [1.807, 2.05) is 0 Å². The van der Waals surface area contributed by atoms with E-state index in [0.29, 0.717) is 0 Å². The van der Waals surface area contributed by atoms with Crippen LogP contribution in [-0.4, -0.2) is 115 Å². The second kappa shape index (κ2) is 7.63. The lowest BCUT2D eigenvalue weighted by Crippen LogP contribution is -2.61. The van der Waals surface area contributed by atoms with E-state index >= 15 is 0 Å². The average molecular weight is 342 g/mol. The summed E-state index contributed by atoms with van der Waals surface area (Å²) < 4.78 is 15.1. The Kier molecular flexibility index (Phi) is 6.27. The van der Waals surface area contributed by atoms with Crippen LogP contribution >= 0.6 is 0 Å². The third kappa shape index (κ3) is 3.81. The van der Waals surface area contributed by atoms with E-state index in [-0.39, 0.29) is 0 Å². The molecule has 0 spiro atoms. The lowest BCUT2D eigenvalue weighted by Gasteiger charge is -2.41. The molecule has 0 bridgehead atoms. The first-order valence-electron chi connectivity index (χ1n) is 7.07. The van der Waals surface area contributed by atoms with Crippen molar-refractivity contribution in [1.82, 2.24) is 0 Å². The molecule has 0 radical (unpaired) electrons. The Labute approximate surface area is 130 Å². The fourth-order valence-corrected chi connectivity index (χ4v) is 2.46. The Bertz CT molecular complexity index is 380. The van der Waals surface area contributed by atoms with Crippen LogP contribution in [0.25, 0.3) is 0 Å². The van der Waals surface area contributed by atoms with Crippen LogP contribution in [0, 0.1) is 0 Å². The summed E-state index contributed by atoms with van der Waals surface area (Å²) in [6, 6.07) is 0. The zero-order valence-electron chi connectivity index (χ0n) is 12.0. The van der Waals surface area contributed by atoms with Crippen molar-refractivity contribution in [3.8, 4) is 0 Å². The standard InChI is InChI=1S/C12H22O11/c13-1-3-5(14)8(17)10(19)12(23-3)21-2-4-6(15)7(16)9(18)11(20)22-4/h3-20H,1-2H2/t3?,4?,5?,6?,7?,8?,9-,10?,11?,12?/m1/s1. The lowest BCUT2D eigenvalue weighted by molar-refractivity contribution is -0.325. The van der Waals surface area contributed by atoms with Gasteiger partial charge in [0.15, 0.2) is 12.6 Å². The molecule has 0 aromatic rings. The highest BCUT2D eigenvalue weighted by Crippen LogP contribution is 2.24. The number of hydrogen-bond acceptors (Lipinski definition) is 11. The molecule has 2 saturated heterocycles. The van der Waals surface area contributed by atoms with Crippen LogP contribution in [-0.2, 0) is 14.2 Å². The van der Waals surface area contributed by atoms with Gasteiger partial charge in [0.2, 0.25) is 0 Å². The van der Waals surface area contributed by atoms with Crippen molar-refractivity contribution in [3.05, 3.63) is 0 Å². The van der Waals surface area contributed by atoms with Crippen LogP contribution in [0.2, 0.25) is 0 Å². The van der Waals surface area contributed by atoms with Crippen molar-refractivity contribution in [2.75, 3.05) is 13.2 Å². The topological polar surface area (TPSA) is 190 Å². The highest BCUT2D eigenvalue weighted by Gasteiger charge is 2.46. The fourth-order valence-electron chi connectivity index (χ4n) is 2.46. The van der Waals surface area contributed by atoms with E-state index in [1.165, 1.54) is 0 Å². The summed E-state index contributed by atoms with van der Waals surface area (Å²) >= 11 is 0. The molecule has 2 aliphatic rings. The lowest BCUT2D eigenvalue weighted by atomic mass is 9.98. The number of aliphatic hydroxyl groups excluding tert-OH is 8. The van der Waals surface area contributed by atoms with E-state index in [2.05, 4.69) is 0 Å². The van der Waals surface area contributed by atoms with Gasteiger partial charge in [0.25, 0.3) is 0 Å². The third-order valence-corrected chi connectivity index (χ3v) is 3.96. The molecule has 8 N–H and O–H groups in total. The van der Waals surface area contributed by atoms with Crippen LogP contribution in [0.4, 0.5) is 0 Å². The van der Waals surface area contributed by atoms with Gasteiger partial charge in [-0.2, -0.15) is 0 Å². The summed E-state index contributed by atoms with van der Waals surface area (Å²) in [5.74, 6) is 0. The summed E-state index contributed by atoms with van der Waals surface area (Å²) in [7, 11) is 0. The van der Waals surface area contributed by atoms with E-state index in [4.69, 9.17) is 19.3 Å². The number of rotatable bonds is 4. The predicted molar refractivity (Wildman–Crippen MR) is 68.6 cm³/mol. The first-order valence-corrected chi connectivity index (χ1v) is 7.07. The van der Waals surface area contributed by atoms with Gasteiger partial charge < -0.3 is 55.1 Å². The fraction of sp³-hybridized carbons (Fsp3) is 1.00. The molecule has 11 nitrogen and oxygen atoms in total. The van der Waals surface area contributed by atoms with Crippen molar-refractivity contribution in [1.29, 1.82) is 0 Å². The molecule has 2 fully saturated rings. The minimum Gasteiger partial charge on any atom is -0.394 e. The van der Waals surface area contributed by atoms with Gasteiger partial charge >= 0.3 is 0 Å². The molecule has 10 atom stereocenters. The molecule has 0 aromatic carbocycles. The maximum absolute atomic E-state index is 9.78. The number of hydrogen-bond donors (Lipinski definition) is 8. The first kappa shape index (κ1) is 18.9. The van der Waals surface area contributed by atoms with Crippen molar-refractivity contribution < 1.29 is 55.1 Å². The molecule has 23 heavy (non-hydrogen) atoms. The molecule has 0 aliphatic carbocycles. The summed E-state index contributed by atoms with van der Waals surface area (Å²) in [5, 5.41) is 76.1. The molecular formula is C12H22O11. The highest BCUT2D eigenvalue weighted by molar-refractivity contribution is 4.91. The van der Waals surface area contributed by atoms with Gasteiger partial charge in [-0.05, 0) is 0 Å². The monoisotopic (exact) mass is 342 g/mol. The van der Waals surface area contributed by atoms with Crippen molar-refractivity contribution in [2.24, 2.45) is 0 Å². The van der Waals surface area contributed by atoms with Crippen molar-refractivity contribution >= 4 is 0 Å². The van der Waals surface area contributed by atoms with Gasteiger partial charge in [0.05, 0.1) is 13.2 Å². The molecule has 136 valence electrons. The minimum atomic E-state index is -1.74. The average Bonchev–Trinajstić information content (AvgIpc) is 2.54. The van der Waals surface area contributed by atoms with Gasteiger partial charge in [-0.3, -0.25) is 0 Å². The molecule has 0 saturated carbocycles. The molecule has 9 unspecified atom stereocenters. The second-order valence-corrected chi connectivity index (χ2v) is 5.57. The van der Waals surface area contributed by atoms with Crippen molar-refractivity contribution in [2.45, 2.75) is 61.4 Å². The van der Waals surface area contributed by atoms with Gasteiger partial charge in [0, 0.05) is 0 Å². The van der Waals surface area contributed by atoms with Gasteiger partial charge in [-0.25, -0.2) is 0 Å². The zero-order chi connectivity index (χ0) is 17.3. The van der Waals surface area contributed by atoms with Crippen molar-refractivity contribution in [3.63, 3.8) is 0 Å². The van der Waals surface area contributed by atoms with Crippen LogP contribution in [0.5, 0.6) is 0 Å². The Hall–Kier alpha value is -0.440. The SMILES string of the molecule is OCC1OC(OCC2OC(O)[C@H](O)C(O)C2O)C(O)C(O)C1O. The van der Waals surface area contributed by atoms with Gasteiger partial charge in [-0.15, -0.1) is 0 Å². The first-order chi connectivity index (χ1) is 10.8. The summed E-state index contributed by atoms with van der Waals surface area (Å²) in [6.45, 7) is -1.10. The Morgan fingerprint density at radius 2 is 1.22 bits per heavy atom. The van der Waals surface area contributed by atoms with E-state index in [1.54, 1.807) is 0 Å². The summed E-state index contributed by atoms with van der Waals surface area (Å²) in [5.41, 5.74) is 0. The predicted octanol–water partition coefficient (Wildman–Crippen LogP) is -5.40. The Balaban J connectivity index is 1.94. The zero-order valence-corrected chi connectivity index (χ0v) is 12.0. The van der Waals surface area contributed by atoms with Crippen LogP contribution < -0.4 is 0 Å². The third-order valence-electron chi connectivity index (χ3n) is 3.96. The molecule has 0 aromatic heterocycles. The molecular weight excluding hydrogens is 320 g/mol. The molecule has 2 rings (SSSR count). The molecule has 2 heterocycles. The van der Waals surface area contributed by atoms with Crippen LogP contribution in [0.15, 0.2) is 0 Å². The normalized spacial score (nSPS) is 51.7. The second-order valence-electron chi connectivity index (χ2n) is 5.57. The smallest absolute Gasteiger partial charge is 0.186 e. The number of aliphatic hydroxyl groups is 8. The quantitative estimate of drug-likeness (QED) is 0.243. The Morgan fingerprint density at radius 3 is 1.83 bits per heavy atom. The highest BCUT2D eigenvalue weighted by atomic mass is 16.7. The van der Waals surface area contributed by atoms with Crippen LogP contribution in [0.3, 0.4) is 0 Å². The maximum atomic E-state index is 9.78. The van der Waals surface area contributed by atoms with E-state index in [0.717, 1.165) is 0 Å². The molecule has 11 heteroatoms. The maximum Gasteiger partial charge on any atom is 0.186 e. The van der Waals surface area contributed by atoms with Gasteiger partial charge in [0.1, 0.15) is 48.8 Å². The molecule has 0 amide bonds. The largest absolute Gasteiger partial charge is 0.394 e. The molecule has 2 aliphatic heterocycles. The summed E-state index contributed by atoms with van der Waals surface area (Å²) in [4.78, 5) is 0. The van der Waals surface area contributed by atoms with Gasteiger partial charge in [-0.1, -0.05) is 0 Å². The van der Waals surface area contributed by atoms with E-state index in [9.17, 15) is 35.7 Å². The minimum absolute atomic E-state index is 0.468.